The molecule has 1 unspecified atom stereocenters. The van der Waals surface area contributed by atoms with Crippen LogP contribution in [0.15, 0.2) is 54.7 Å². The number of para-hydroxylation sites is 1. The normalized spacial score (nSPS) is 16.0. The fraction of sp³-hybridized carbons (Fsp3) is 0.200. The lowest BCUT2D eigenvalue weighted by Crippen LogP contribution is -2.25. The van der Waals surface area contributed by atoms with Crippen LogP contribution in [0.5, 0.6) is 0 Å². The van der Waals surface area contributed by atoms with Crippen molar-refractivity contribution in [3.05, 3.63) is 70.9 Å². The van der Waals surface area contributed by atoms with Crippen molar-refractivity contribution >= 4 is 34.7 Å². The van der Waals surface area contributed by atoms with Gasteiger partial charge >= 0.3 is 0 Å². The number of rotatable bonds is 3. The molecule has 0 amide bonds. The van der Waals surface area contributed by atoms with Crippen LogP contribution in [0.3, 0.4) is 0 Å². The van der Waals surface area contributed by atoms with Gasteiger partial charge in [0.15, 0.2) is 0 Å². The molecule has 1 atom stereocenters. The Kier molecular flexibility index (Phi) is 4.06. The van der Waals surface area contributed by atoms with Crippen LogP contribution in [0.4, 0.5) is 23.1 Å². The number of fused-ring (bicyclic) bond motifs is 1. The predicted molar refractivity (Wildman–Crippen MR) is 103 cm³/mol. The molecule has 25 heavy (non-hydrogen) atoms. The molecular weight excluding hydrogens is 332 g/mol. The van der Waals surface area contributed by atoms with E-state index in [2.05, 4.69) is 46.4 Å². The van der Waals surface area contributed by atoms with Crippen molar-refractivity contribution in [3.63, 3.8) is 0 Å². The maximum absolute atomic E-state index is 6.21. The molecule has 1 aromatic heterocycles. The monoisotopic (exact) mass is 350 g/mol. The lowest BCUT2D eigenvalue weighted by Gasteiger charge is -2.23. The summed E-state index contributed by atoms with van der Waals surface area (Å²) in [6, 6.07) is 16.5. The van der Waals surface area contributed by atoms with E-state index in [0.717, 1.165) is 28.5 Å². The van der Waals surface area contributed by atoms with E-state index >= 15 is 0 Å². The van der Waals surface area contributed by atoms with E-state index in [4.69, 9.17) is 16.6 Å². The zero-order valence-corrected chi connectivity index (χ0v) is 15.0. The molecule has 0 aliphatic carbocycles. The highest BCUT2D eigenvalue weighted by Crippen LogP contribution is 2.36. The number of hydrogen-bond acceptors (Lipinski definition) is 4. The SMILES string of the molecule is Cc1c(Cl)cccc1Nc1ccnc(N2c3ccccc3CC2C)n1. The van der Waals surface area contributed by atoms with Gasteiger partial charge in [0.25, 0.3) is 0 Å². The van der Waals surface area contributed by atoms with E-state index in [1.807, 2.05) is 31.2 Å². The highest BCUT2D eigenvalue weighted by molar-refractivity contribution is 6.31. The van der Waals surface area contributed by atoms with E-state index in [0.29, 0.717) is 12.0 Å². The lowest BCUT2D eigenvalue weighted by molar-refractivity contribution is 0.740. The quantitative estimate of drug-likeness (QED) is 0.699. The fourth-order valence-electron chi connectivity index (χ4n) is 3.29. The van der Waals surface area contributed by atoms with E-state index in [-0.39, 0.29) is 0 Å². The maximum Gasteiger partial charge on any atom is 0.232 e. The first-order valence-electron chi connectivity index (χ1n) is 8.36. The number of nitrogens with zero attached hydrogens (tertiary/aromatic N) is 3. The van der Waals surface area contributed by atoms with Crippen molar-refractivity contribution in [1.82, 2.24) is 9.97 Å². The van der Waals surface area contributed by atoms with E-state index in [9.17, 15) is 0 Å². The molecule has 0 radical (unpaired) electrons. The molecule has 0 saturated carbocycles. The Labute approximate surface area is 152 Å². The molecule has 0 bridgehead atoms. The number of halogens is 1. The number of hydrogen-bond donors (Lipinski definition) is 1. The molecular formula is C20H19ClN4. The minimum absolute atomic E-state index is 0.334. The molecule has 3 aromatic rings. The first-order valence-corrected chi connectivity index (χ1v) is 8.73. The molecule has 1 aliphatic heterocycles. The molecule has 1 aliphatic rings. The Morgan fingerprint density at radius 2 is 1.96 bits per heavy atom. The molecule has 1 N–H and O–H groups in total. The van der Waals surface area contributed by atoms with Gasteiger partial charge in [-0.25, -0.2) is 4.98 Å². The fourth-order valence-corrected chi connectivity index (χ4v) is 3.46. The van der Waals surface area contributed by atoms with Crippen molar-refractivity contribution in [2.45, 2.75) is 26.3 Å². The summed E-state index contributed by atoms with van der Waals surface area (Å²) in [6.07, 6.45) is 2.79. The third-order valence-corrected chi connectivity index (χ3v) is 5.01. The summed E-state index contributed by atoms with van der Waals surface area (Å²) < 4.78 is 0. The minimum atomic E-state index is 0.334. The lowest BCUT2D eigenvalue weighted by atomic mass is 10.1. The number of benzene rings is 2. The van der Waals surface area contributed by atoms with Gasteiger partial charge in [0, 0.05) is 28.6 Å². The second-order valence-electron chi connectivity index (χ2n) is 6.33. The average molecular weight is 351 g/mol. The average Bonchev–Trinajstić information content (AvgIpc) is 2.95. The molecule has 4 nitrogen and oxygen atoms in total. The molecule has 2 aromatic carbocycles. The largest absolute Gasteiger partial charge is 0.340 e. The molecule has 126 valence electrons. The van der Waals surface area contributed by atoms with Crippen molar-refractivity contribution in [3.8, 4) is 0 Å². The van der Waals surface area contributed by atoms with Gasteiger partial charge in [0.2, 0.25) is 5.95 Å². The summed E-state index contributed by atoms with van der Waals surface area (Å²) in [4.78, 5) is 11.4. The van der Waals surface area contributed by atoms with Gasteiger partial charge in [-0.05, 0) is 55.7 Å². The van der Waals surface area contributed by atoms with E-state index in [1.54, 1.807) is 6.20 Å². The van der Waals surface area contributed by atoms with Gasteiger partial charge in [0.05, 0.1) is 0 Å². The van der Waals surface area contributed by atoms with E-state index in [1.165, 1.54) is 11.3 Å². The Morgan fingerprint density at radius 3 is 2.84 bits per heavy atom. The highest BCUT2D eigenvalue weighted by atomic mass is 35.5. The minimum Gasteiger partial charge on any atom is -0.340 e. The number of nitrogens with one attached hydrogen (secondary N) is 1. The first kappa shape index (κ1) is 15.9. The zero-order chi connectivity index (χ0) is 17.4. The summed E-state index contributed by atoms with van der Waals surface area (Å²) in [7, 11) is 0. The molecule has 0 spiro atoms. The molecule has 2 heterocycles. The van der Waals surface area contributed by atoms with Crippen LogP contribution in [-0.2, 0) is 6.42 Å². The zero-order valence-electron chi connectivity index (χ0n) is 14.2. The summed E-state index contributed by atoms with van der Waals surface area (Å²) in [5.74, 6) is 1.47. The van der Waals surface area contributed by atoms with Crippen molar-refractivity contribution in [2.75, 3.05) is 10.2 Å². The van der Waals surface area contributed by atoms with Crippen LogP contribution < -0.4 is 10.2 Å². The summed E-state index contributed by atoms with van der Waals surface area (Å²) in [5.41, 5.74) is 4.48. The third-order valence-electron chi connectivity index (χ3n) is 4.60. The highest BCUT2D eigenvalue weighted by Gasteiger charge is 2.28. The Bertz CT molecular complexity index is 925. The van der Waals surface area contributed by atoms with Crippen molar-refractivity contribution in [2.24, 2.45) is 0 Å². The number of anilines is 4. The van der Waals surface area contributed by atoms with Crippen LogP contribution in [0.25, 0.3) is 0 Å². The van der Waals surface area contributed by atoms with Gasteiger partial charge in [0.1, 0.15) is 5.82 Å². The van der Waals surface area contributed by atoms with Gasteiger partial charge in [-0.2, -0.15) is 4.98 Å². The third kappa shape index (κ3) is 2.94. The molecule has 5 heteroatoms. The van der Waals surface area contributed by atoms with Crippen molar-refractivity contribution in [1.29, 1.82) is 0 Å². The van der Waals surface area contributed by atoms with E-state index < -0.39 is 0 Å². The Morgan fingerprint density at radius 1 is 1.12 bits per heavy atom. The number of aromatic nitrogens is 2. The second-order valence-corrected chi connectivity index (χ2v) is 6.74. The van der Waals surface area contributed by atoms with Crippen molar-refractivity contribution < 1.29 is 0 Å². The predicted octanol–water partition coefficient (Wildman–Crippen LogP) is 5.26. The second kappa shape index (κ2) is 6.37. The first-order chi connectivity index (χ1) is 12.1. The summed E-state index contributed by atoms with van der Waals surface area (Å²) in [5, 5.41) is 4.09. The summed E-state index contributed by atoms with van der Waals surface area (Å²) in [6.45, 7) is 4.19. The topological polar surface area (TPSA) is 41.1 Å². The van der Waals surface area contributed by atoms with Gasteiger partial charge in [-0.3, -0.25) is 0 Å². The van der Waals surface area contributed by atoms with Crippen LogP contribution in [0, 0.1) is 6.92 Å². The smallest absolute Gasteiger partial charge is 0.232 e. The van der Waals surface area contributed by atoms with Gasteiger partial charge in [-0.1, -0.05) is 35.9 Å². The Hall–Kier alpha value is -2.59. The van der Waals surface area contributed by atoms with Crippen LogP contribution in [0.2, 0.25) is 5.02 Å². The standard InChI is InChI=1S/C20H19ClN4/c1-13-12-15-6-3-4-9-18(15)25(13)20-22-11-10-19(24-20)23-17-8-5-7-16(21)14(17)2/h3-11,13H,12H2,1-2H3,(H,22,23,24). The Balaban J connectivity index is 1.67. The maximum atomic E-state index is 6.21. The molecule has 0 saturated heterocycles. The summed E-state index contributed by atoms with van der Waals surface area (Å²) >= 11 is 6.21. The molecule has 4 rings (SSSR count). The van der Waals surface area contributed by atoms with Gasteiger partial charge < -0.3 is 10.2 Å². The van der Waals surface area contributed by atoms with Crippen LogP contribution in [0.1, 0.15) is 18.1 Å². The van der Waals surface area contributed by atoms with Crippen LogP contribution >= 0.6 is 11.6 Å². The van der Waals surface area contributed by atoms with Gasteiger partial charge in [-0.15, -0.1) is 0 Å². The van der Waals surface area contributed by atoms with Crippen LogP contribution in [-0.4, -0.2) is 16.0 Å². The molecule has 0 fully saturated rings.